The fourth-order valence-corrected chi connectivity index (χ4v) is 3.01. The van der Waals surface area contributed by atoms with Gasteiger partial charge >= 0.3 is 0 Å². The van der Waals surface area contributed by atoms with Gasteiger partial charge in [0.25, 0.3) is 0 Å². The van der Waals surface area contributed by atoms with Crippen LogP contribution in [0, 0.1) is 5.82 Å². The van der Waals surface area contributed by atoms with Crippen molar-refractivity contribution in [2.75, 3.05) is 11.9 Å². The summed E-state index contributed by atoms with van der Waals surface area (Å²) in [5, 5.41) is 26.4. The number of benzene rings is 2. The monoisotopic (exact) mass is 383 g/mol. The predicted molar refractivity (Wildman–Crippen MR) is 101 cm³/mol. The predicted octanol–water partition coefficient (Wildman–Crippen LogP) is 3.73. The molecule has 4 aromatic rings. The lowest BCUT2D eigenvalue weighted by molar-refractivity contribution is 0.191. The fourth-order valence-electron chi connectivity index (χ4n) is 2.75. The molecule has 0 aliphatic carbocycles. The summed E-state index contributed by atoms with van der Waals surface area (Å²) in [5.74, 6) is 0.394. The van der Waals surface area contributed by atoms with Gasteiger partial charge < -0.3 is 10.4 Å². The number of rotatable bonds is 5. The van der Waals surface area contributed by atoms with Crippen molar-refractivity contribution in [3.63, 3.8) is 0 Å². The molecule has 2 N–H and O–H groups in total. The van der Waals surface area contributed by atoms with E-state index in [1.165, 1.54) is 10.6 Å². The van der Waals surface area contributed by atoms with E-state index < -0.39 is 11.9 Å². The van der Waals surface area contributed by atoms with Gasteiger partial charge in [-0.2, -0.15) is 4.52 Å². The third-order valence-electron chi connectivity index (χ3n) is 4.12. The molecule has 8 heteroatoms. The summed E-state index contributed by atoms with van der Waals surface area (Å²) in [6, 6.07) is 16.9. The molecule has 0 radical (unpaired) electrons. The number of nitrogens with zero attached hydrogens (tertiary/aromatic N) is 4. The Morgan fingerprint density at radius 1 is 1.04 bits per heavy atom. The van der Waals surface area contributed by atoms with E-state index in [-0.39, 0.29) is 6.54 Å². The first-order valence-corrected chi connectivity index (χ1v) is 8.65. The van der Waals surface area contributed by atoms with Crippen LogP contribution in [-0.2, 0) is 0 Å². The highest BCUT2D eigenvalue weighted by Gasteiger charge is 2.15. The van der Waals surface area contributed by atoms with E-state index in [1.807, 2.05) is 6.07 Å². The van der Waals surface area contributed by atoms with Crippen LogP contribution in [0.3, 0.4) is 0 Å². The first-order valence-electron chi connectivity index (χ1n) is 8.27. The highest BCUT2D eigenvalue weighted by Crippen LogP contribution is 2.24. The molecule has 0 saturated carbocycles. The standard InChI is InChI=1S/C19H15ClFN5O/c20-14-7-3-1-5-12(14)16(27)11-22-17-9-10-18-23-24-19(26(18)25-17)13-6-2-4-8-15(13)21/h1-10,16,27H,11H2,(H,22,25). The summed E-state index contributed by atoms with van der Waals surface area (Å²) in [6.07, 6.45) is -0.803. The van der Waals surface area contributed by atoms with Crippen molar-refractivity contribution < 1.29 is 9.50 Å². The number of halogens is 2. The number of aliphatic hydroxyl groups excluding tert-OH is 1. The van der Waals surface area contributed by atoms with Crippen molar-refractivity contribution >= 4 is 23.1 Å². The lowest BCUT2D eigenvalue weighted by Crippen LogP contribution is -2.14. The van der Waals surface area contributed by atoms with Crippen molar-refractivity contribution in [1.29, 1.82) is 0 Å². The second kappa shape index (κ2) is 7.30. The van der Waals surface area contributed by atoms with Gasteiger partial charge in [-0.1, -0.05) is 41.9 Å². The normalized spacial score (nSPS) is 12.3. The third kappa shape index (κ3) is 3.47. The van der Waals surface area contributed by atoms with Crippen LogP contribution >= 0.6 is 11.6 Å². The van der Waals surface area contributed by atoms with E-state index in [9.17, 15) is 9.50 Å². The minimum Gasteiger partial charge on any atom is -0.387 e. The SMILES string of the molecule is OC(CNc1ccc2nnc(-c3ccccc3F)n2n1)c1ccccc1Cl. The summed E-state index contributed by atoms with van der Waals surface area (Å²) >= 11 is 6.11. The molecular formula is C19H15ClFN5O. The minimum atomic E-state index is -0.803. The Kier molecular flexibility index (Phi) is 4.70. The summed E-state index contributed by atoms with van der Waals surface area (Å²) in [4.78, 5) is 0. The van der Waals surface area contributed by atoms with Crippen molar-refractivity contribution in [3.05, 3.63) is 77.1 Å². The van der Waals surface area contributed by atoms with Gasteiger partial charge in [0.15, 0.2) is 11.5 Å². The molecular weight excluding hydrogens is 369 g/mol. The maximum Gasteiger partial charge on any atom is 0.188 e. The topological polar surface area (TPSA) is 75.3 Å². The molecule has 4 rings (SSSR count). The number of fused-ring (bicyclic) bond motifs is 1. The zero-order valence-electron chi connectivity index (χ0n) is 14.0. The summed E-state index contributed by atoms with van der Waals surface area (Å²) < 4.78 is 15.6. The van der Waals surface area contributed by atoms with Gasteiger partial charge in [-0.25, -0.2) is 4.39 Å². The number of aromatic nitrogens is 4. The maximum atomic E-state index is 14.1. The quantitative estimate of drug-likeness (QED) is 0.549. The largest absolute Gasteiger partial charge is 0.387 e. The Morgan fingerprint density at radius 2 is 1.81 bits per heavy atom. The summed E-state index contributed by atoms with van der Waals surface area (Å²) in [6.45, 7) is 0.208. The molecule has 1 atom stereocenters. The van der Waals surface area contributed by atoms with Crippen molar-refractivity contribution in [2.24, 2.45) is 0 Å². The van der Waals surface area contributed by atoms with Crippen LogP contribution in [0.1, 0.15) is 11.7 Å². The molecule has 136 valence electrons. The van der Waals surface area contributed by atoms with E-state index in [4.69, 9.17) is 11.6 Å². The van der Waals surface area contributed by atoms with Crippen LogP contribution in [0.5, 0.6) is 0 Å². The lowest BCUT2D eigenvalue weighted by Gasteiger charge is -2.14. The average molecular weight is 384 g/mol. The van der Waals surface area contributed by atoms with E-state index in [0.717, 1.165) is 0 Å². The highest BCUT2D eigenvalue weighted by molar-refractivity contribution is 6.31. The van der Waals surface area contributed by atoms with Gasteiger partial charge in [0.05, 0.1) is 11.7 Å². The first kappa shape index (κ1) is 17.4. The maximum absolute atomic E-state index is 14.1. The van der Waals surface area contributed by atoms with E-state index in [0.29, 0.717) is 33.4 Å². The summed E-state index contributed by atoms with van der Waals surface area (Å²) in [7, 11) is 0. The van der Waals surface area contributed by atoms with Crippen LogP contribution in [0.15, 0.2) is 60.7 Å². The van der Waals surface area contributed by atoms with Gasteiger partial charge in [-0.05, 0) is 30.3 Å². The van der Waals surface area contributed by atoms with E-state index in [1.54, 1.807) is 48.5 Å². The number of nitrogens with one attached hydrogen (secondary N) is 1. The molecule has 2 heterocycles. The minimum absolute atomic E-state index is 0.208. The fraction of sp³-hybridized carbons (Fsp3) is 0.105. The molecule has 0 fully saturated rings. The Morgan fingerprint density at radius 3 is 2.63 bits per heavy atom. The third-order valence-corrected chi connectivity index (χ3v) is 4.46. The molecule has 0 bridgehead atoms. The molecule has 0 amide bonds. The Bertz CT molecular complexity index is 1100. The highest BCUT2D eigenvalue weighted by atomic mass is 35.5. The van der Waals surface area contributed by atoms with Crippen molar-refractivity contribution in [3.8, 4) is 11.4 Å². The number of hydrogen-bond acceptors (Lipinski definition) is 5. The Hall–Kier alpha value is -3.03. The molecule has 2 aromatic carbocycles. The number of anilines is 1. The Balaban J connectivity index is 1.59. The van der Waals surface area contributed by atoms with Gasteiger partial charge in [0.1, 0.15) is 11.6 Å². The molecule has 0 saturated heterocycles. The van der Waals surface area contributed by atoms with Crippen LogP contribution in [0.2, 0.25) is 5.02 Å². The molecule has 2 aromatic heterocycles. The lowest BCUT2D eigenvalue weighted by atomic mass is 10.1. The molecule has 0 spiro atoms. The van der Waals surface area contributed by atoms with Crippen molar-refractivity contribution in [1.82, 2.24) is 19.8 Å². The van der Waals surface area contributed by atoms with Gasteiger partial charge in [0, 0.05) is 17.1 Å². The molecule has 27 heavy (non-hydrogen) atoms. The van der Waals surface area contributed by atoms with Crippen LogP contribution in [0.25, 0.3) is 17.0 Å². The van der Waals surface area contributed by atoms with E-state index in [2.05, 4.69) is 20.6 Å². The number of aliphatic hydroxyl groups is 1. The second-order valence-electron chi connectivity index (χ2n) is 5.91. The average Bonchev–Trinajstić information content (AvgIpc) is 3.10. The van der Waals surface area contributed by atoms with Gasteiger partial charge in [-0.3, -0.25) is 0 Å². The molecule has 0 aliphatic heterocycles. The molecule has 1 unspecified atom stereocenters. The Labute approximate surface area is 159 Å². The zero-order valence-corrected chi connectivity index (χ0v) is 14.8. The van der Waals surface area contributed by atoms with Gasteiger partial charge in [0.2, 0.25) is 0 Å². The van der Waals surface area contributed by atoms with Crippen LogP contribution in [0.4, 0.5) is 10.2 Å². The van der Waals surface area contributed by atoms with E-state index >= 15 is 0 Å². The zero-order chi connectivity index (χ0) is 18.8. The molecule has 6 nitrogen and oxygen atoms in total. The smallest absolute Gasteiger partial charge is 0.188 e. The van der Waals surface area contributed by atoms with Crippen LogP contribution < -0.4 is 5.32 Å². The van der Waals surface area contributed by atoms with Crippen molar-refractivity contribution in [2.45, 2.75) is 6.10 Å². The summed E-state index contributed by atoms with van der Waals surface area (Å²) in [5.41, 5.74) is 1.43. The number of hydrogen-bond donors (Lipinski definition) is 2. The first-order chi connectivity index (χ1) is 13.1. The second-order valence-corrected chi connectivity index (χ2v) is 6.32. The van der Waals surface area contributed by atoms with Crippen LogP contribution in [-0.4, -0.2) is 31.5 Å². The van der Waals surface area contributed by atoms with Gasteiger partial charge in [-0.15, -0.1) is 15.3 Å². The molecule has 0 aliphatic rings.